The number of nitrogens with zero attached hydrogens (tertiary/aromatic N) is 3. The average molecular weight is 336 g/mol. The number of fused-ring (bicyclic) bond motifs is 1. The van der Waals surface area contributed by atoms with Gasteiger partial charge < -0.3 is 14.6 Å². The molecule has 1 aliphatic rings. The number of carbonyl (C=O) groups excluding carboxylic acids is 1. The van der Waals surface area contributed by atoms with Crippen molar-refractivity contribution in [3.05, 3.63) is 53.9 Å². The van der Waals surface area contributed by atoms with E-state index in [0.717, 1.165) is 36.0 Å². The van der Waals surface area contributed by atoms with E-state index in [1.807, 2.05) is 54.3 Å². The third-order valence-corrected chi connectivity index (χ3v) is 4.49. The van der Waals surface area contributed by atoms with Gasteiger partial charge in [-0.1, -0.05) is 18.2 Å². The highest BCUT2D eigenvalue weighted by molar-refractivity contribution is 5.98. The van der Waals surface area contributed by atoms with Gasteiger partial charge in [0.15, 0.2) is 0 Å². The smallest absolute Gasteiger partial charge is 0.270 e. The Bertz CT molecular complexity index is 855. The molecule has 1 aromatic carbocycles. The minimum Gasteiger partial charge on any atom is -0.471 e. The Kier molecular flexibility index (Phi) is 4.09. The van der Waals surface area contributed by atoms with Crippen molar-refractivity contribution in [2.75, 3.05) is 13.1 Å². The van der Waals surface area contributed by atoms with Gasteiger partial charge in [-0.15, -0.1) is 5.10 Å². The van der Waals surface area contributed by atoms with Crippen LogP contribution in [0.4, 0.5) is 0 Å². The van der Waals surface area contributed by atoms with E-state index in [2.05, 4.69) is 15.2 Å². The molecular weight excluding hydrogens is 316 g/mol. The number of carbonyl (C=O) groups is 1. The molecule has 1 N–H and O–H groups in total. The van der Waals surface area contributed by atoms with Gasteiger partial charge in [-0.05, 0) is 38.0 Å². The predicted molar refractivity (Wildman–Crippen MR) is 94.6 cm³/mol. The molecule has 2 aromatic heterocycles. The molecule has 128 valence electrons. The fourth-order valence-corrected chi connectivity index (χ4v) is 3.20. The van der Waals surface area contributed by atoms with Crippen LogP contribution in [0.5, 0.6) is 5.88 Å². The second-order valence-electron chi connectivity index (χ2n) is 6.42. The Hall–Kier alpha value is -2.89. The number of amides is 1. The van der Waals surface area contributed by atoms with Crippen molar-refractivity contribution < 1.29 is 9.53 Å². The zero-order valence-electron chi connectivity index (χ0n) is 14.1. The van der Waals surface area contributed by atoms with Crippen molar-refractivity contribution >= 4 is 16.8 Å². The molecule has 3 aromatic rings. The molecule has 1 unspecified atom stereocenters. The Morgan fingerprint density at radius 1 is 1.24 bits per heavy atom. The number of hydrogen-bond donors (Lipinski definition) is 1. The lowest BCUT2D eigenvalue weighted by atomic mass is 10.1. The van der Waals surface area contributed by atoms with Crippen LogP contribution in [0.15, 0.2) is 42.5 Å². The van der Waals surface area contributed by atoms with E-state index in [9.17, 15) is 4.79 Å². The SMILES string of the molecule is Cc1ccc(OC2CCCN(C(=O)c3cc4ccccc4[nH]3)C2)nn1. The Morgan fingerprint density at radius 3 is 2.92 bits per heavy atom. The maximum atomic E-state index is 12.8. The number of benzene rings is 1. The summed E-state index contributed by atoms with van der Waals surface area (Å²) in [6.45, 7) is 3.19. The van der Waals surface area contributed by atoms with E-state index in [4.69, 9.17) is 4.74 Å². The topological polar surface area (TPSA) is 71.1 Å². The predicted octanol–water partition coefficient (Wildman–Crippen LogP) is 2.95. The maximum absolute atomic E-state index is 12.8. The molecule has 0 spiro atoms. The van der Waals surface area contributed by atoms with Crippen LogP contribution in [0, 0.1) is 6.92 Å². The minimum atomic E-state index is -0.0564. The normalized spacial score (nSPS) is 17.6. The number of aromatic nitrogens is 3. The van der Waals surface area contributed by atoms with Gasteiger partial charge in [0.25, 0.3) is 5.91 Å². The quantitative estimate of drug-likeness (QED) is 0.798. The van der Waals surface area contributed by atoms with Crippen LogP contribution in [-0.4, -0.2) is 45.2 Å². The lowest BCUT2D eigenvalue weighted by Gasteiger charge is -2.32. The first kappa shape index (κ1) is 15.6. The van der Waals surface area contributed by atoms with Crippen molar-refractivity contribution in [3.63, 3.8) is 0 Å². The molecule has 0 radical (unpaired) electrons. The summed E-state index contributed by atoms with van der Waals surface area (Å²) >= 11 is 0. The number of aryl methyl sites for hydroxylation is 1. The number of nitrogens with one attached hydrogen (secondary N) is 1. The zero-order chi connectivity index (χ0) is 17.2. The van der Waals surface area contributed by atoms with Gasteiger partial charge >= 0.3 is 0 Å². The summed E-state index contributed by atoms with van der Waals surface area (Å²) in [5.41, 5.74) is 2.45. The van der Waals surface area contributed by atoms with Crippen molar-refractivity contribution in [3.8, 4) is 5.88 Å². The standard InChI is InChI=1S/C19H20N4O2/c1-13-8-9-18(22-21-13)25-15-6-4-10-23(12-15)19(24)17-11-14-5-2-3-7-16(14)20-17/h2-3,5,7-9,11,15,20H,4,6,10,12H2,1H3. The third kappa shape index (κ3) is 3.33. The van der Waals surface area contributed by atoms with Gasteiger partial charge in [-0.25, -0.2) is 0 Å². The Labute approximate surface area is 145 Å². The molecule has 0 saturated carbocycles. The second kappa shape index (κ2) is 6.55. The van der Waals surface area contributed by atoms with Crippen molar-refractivity contribution in [1.82, 2.24) is 20.1 Å². The van der Waals surface area contributed by atoms with E-state index >= 15 is 0 Å². The number of para-hydroxylation sites is 1. The van der Waals surface area contributed by atoms with Gasteiger partial charge in [0.1, 0.15) is 11.8 Å². The molecule has 4 rings (SSSR count). The Morgan fingerprint density at radius 2 is 2.12 bits per heavy atom. The first-order valence-electron chi connectivity index (χ1n) is 8.53. The molecule has 0 aliphatic carbocycles. The molecule has 6 nitrogen and oxygen atoms in total. The van der Waals surface area contributed by atoms with Crippen LogP contribution in [0.2, 0.25) is 0 Å². The van der Waals surface area contributed by atoms with Gasteiger partial charge in [-0.2, -0.15) is 5.10 Å². The van der Waals surface area contributed by atoms with Crippen molar-refractivity contribution in [2.45, 2.75) is 25.9 Å². The summed E-state index contributed by atoms with van der Waals surface area (Å²) < 4.78 is 5.91. The van der Waals surface area contributed by atoms with E-state index in [-0.39, 0.29) is 12.0 Å². The van der Waals surface area contributed by atoms with E-state index < -0.39 is 0 Å². The summed E-state index contributed by atoms with van der Waals surface area (Å²) in [5, 5.41) is 9.10. The molecule has 1 saturated heterocycles. The maximum Gasteiger partial charge on any atom is 0.270 e. The second-order valence-corrected chi connectivity index (χ2v) is 6.42. The van der Waals surface area contributed by atoms with Crippen LogP contribution in [0.25, 0.3) is 10.9 Å². The van der Waals surface area contributed by atoms with E-state index in [1.54, 1.807) is 0 Å². The fourth-order valence-electron chi connectivity index (χ4n) is 3.20. The number of ether oxygens (including phenoxy) is 1. The molecule has 6 heteroatoms. The number of likely N-dealkylation sites (tertiary alicyclic amines) is 1. The summed E-state index contributed by atoms with van der Waals surface area (Å²) in [7, 11) is 0. The number of H-pyrrole nitrogens is 1. The zero-order valence-corrected chi connectivity index (χ0v) is 14.1. The molecule has 3 heterocycles. The Balaban J connectivity index is 1.46. The summed E-state index contributed by atoms with van der Waals surface area (Å²) in [4.78, 5) is 17.9. The fraction of sp³-hybridized carbons (Fsp3) is 0.316. The third-order valence-electron chi connectivity index (χ3n) is 4.49. The minimum absolute atomic E-state index is 0.0134. The van der Waals surface area contributed by atoms with E-state index in [1.165, 1.54) is 0 Å². The summed E-state index contributed by atoms with van der Waals surface area (Å²) in [6.07, 6.45) is 1.76. The number of rotatable bonds is 3. The van der Waals surface area contributed by atoms with Crippen LogP contribution in [0.3, 0.4) is 0 Å². The monoisotopic (exact) mass is 336 g/mol. The molecule has 1 amide bonds. The largest absolute Gasteiger partial charge is 0.471 e. The molecule has 1 fully saturated rings. The number of hydrogen-bond acceptors (Lipinski definition) is 4. The van der Waals surface area contributed by atoms with Crippen LogP contribution < -0.4 is 4.74 Å². The van der Waals surface area contributed by atoms with Gasteiger partial charge in [0.2, 0.25) is 5.88 Å². The molecule has 1 atom stereocenters. The highest BCUT2D eigenvalue weighted by Gasteiger charge is 2.26. The number of aromatic amines is 1. The average Bonchev–Trinajstić information content (AvgIpc) is 3.07. The molecule has 25 heavy (non-hydrogen) atoms. The molecule has 0 bridgehead atoms. The van der Waals surface area contributed by atoms with Crippen LogP contribution in [0.1, 0.15) is 29.0 Å². The van der Waals surface area contributed by atoms with E-state index in [0.29, 0.717) is 18.1 Å². The van der Waals surface area contributed by atoms with Crippen molar-refractivity contribution in [1.29, 1.82) is 0 Å². The van der Waals surface area contributed by atoms with Crippen LogP contribution >= 0.6 is 0 Å². The van der Waals surface area contributed by atoms with Crippen molar-refractivity contribution in [2.24, 2.45) is 0 Å². The summed E-state index contributed by atoms with van der Waals surface area (Å²) in [6, 6.07) is 13.5. The number of piperidine rings is 1. The molecular formula is C19H20N4O2. The molecule has 1 aliphatic heterocycles. The highest BCUT2D eigenvalue weighted by Crippen LogP contribution is 2.20. The lowest BCUT2D eigenvalue weighted by molar-refractivity contribution is 0.0521. The first-order valence-corrected chi connectivity index (χ1v) is 8.53. The lowest BCUT2D eigenvalue weighted by Crippen LogP contribution is -2.44. The first-order chi connectivity index (χ1) is 12.2. The van der Waals surface area contributed by atoms with Gasteiger partial charge in [0.05, 0.1) is 12.2 Å². The van der Waals surface area contributed by atoms with Gasteiger partial charge in [-0.3, -0.25) is 4.79 Å². The van der Waals surface area contributed by atoms with Gasteiger partial charge in [0, 0.05) is 23.5 Å². The highest BCUT2D eigenvalue weighted by atomic mass is 16.5. The summed E-state index contributed by atoms with van der Waals surface area (Å²) in [5.74, 6) is 0.523. The van der Waals surface area contributed by atoms with Crippen LogP contribution in [-0.2, 0) is 0 Å².